The monoisotopic (exact) mass is 335 g/mol. The highest BCUT2D eigenvalue weighted by atomic mass is 16.5. The minimum absolute atomic E-state index is 0.00914. The van der Waals surface area contributed by atoms with Crippen molar-refractivity contribution in [1.82, 2.24) is 5.32 Å². The topological polar surface area (TPSA) is 74.1 Å². The fourth-order valence-electron chi connectivity index (χ4n) is 2.40. The molecule has 0 heterocycles. The summed E-state index contributed by atoms with van der Waals surface area (Å²) in [6.45, 7) is 4.35. The zero-order valence-corrected chi connectivity index (χ0v) is 14.6. The lowest BCUT2D eigenvalue weighted by Crippen LogP contribution is -2.17. The molecule has 2 rings (SSSR count). The van der Waals surface area contributed by atoms with Crippen molar-refractivity contribution < 1.29 is 9.53 Å². The summed E-state index contributed by atoms with van der Waals surface area (Å²) in [5.41, 5.74) is 3.71. The molecule has 0 atom stereocenters. The van der Waals surface area contributed by atoms with Crippen LogP contribution in [0.15, 0.2) is 54.2 Å². The number of methoxy groups -OCH3 is 1. The number of para-hydroxylation sites is 1. The predicted molar refractivity (Wildman–Crippen MR) is 98.1 cm³/mol. The first-order valence-electron chi connectivity index (χ1n) is 7.89. The molecule has 5 nitrogen and oxygen atoms in total. The molecule has 0 saturated carbocycles. The van der Waals surface area contributed by atoms with Gasteiger partial charge < -0.3 is 15.4 Å². The maximum Gasteiger partial charge on any atom is 0.267 e. The first-order chi connectivity index (χ1) is 12.0. The smallest absolute Gasteiger partial charge is 0.267 e. The van der Waals surface area contributed by atoms with Crippen molar-refractivity contribution in [2.24, 2.45) is 0 Å². The molecule has 0 spiro atoms. The molecule has 2 N–H and O–H groups in total. The van der Waals surface area contributed by atoms with Gasteiger partial charge in [0.1, 0.15) is 17.4 Å². The van der Waals surface area contributed by atoms with E-state index in [-0.39, 0.29) is 5.57 Å². The number of nitrogens with one attached hydrogen (secondary N) is 2. The summed E-state index contributed by atoms with van der Waals surface area (Å²) in [6.07, 6.45) is 1.42. The normalized spacial score (nSPS) is 10.7. The Balaban J connectivity index is 2.04. The fraction of sp³-hybridized carbons (Fsp3) is 0.200. The highest BCUT2D eigenvalue weighted by Gasteiger charge is 2.10. The van der Waals surface area contributed by atoms with E-state index in [1.54, 1.807) is 7.11 Å². The van der Waals surface area contributed by atoms with Crippen LogP contribution < -0.4 is 15.4 Å². The lowest BCUT2D eigenvalue weighted by Gasteiger charge is -2.10. The highest BCUT2D eigenvalue weighted by molar-refractivity contribution is 6.06. The van der Waals surface area contributed by atoms with Crippen molar-refractivity contribution in [3.8, 4) is 11.8 Å². The maximum absolute atomic E-state index is 12.3. The molecular formula is C20H21N3O2. The number of rotatable bonds is 6. The van der Waals surface area contributed by atoms with Gasteiger partial charge in [0.15, 0.2) is 0 Å². The molecular weight excluding hydrogens is 314 g/mol. The first kappa shape index (κ1) is 18.1. The number of ether oxygens (including phenoxy) is 1. The molecule has 2 aromatic carbocycles. The van der Waals surface area contributed by atoms with Crippen LogP contribution in [0.2, 0.25) is 0 Å². The Morgan fingerprint density at radius 2 is 2.00 bits per heavy atom. The molecule has 0 fully saturated rings. The quantitative estimate of drug-likeness (QED) is 0.626. The second kappa shape index (κ2) is 8.55. The van der Waals surface area contributed by atoms with E-state index in [0.717, 1.165) is 22.4 Å². The zero-order chi connectivity index (χ0) is 18.2. The van der Waals surface area contributed by atoms with Gasteiger partial charge in [0.05, 0.1) is 7.11 Å². The molecule has 25 heavy (non-hydrogen) atoms. The number of benzene rings is 2. The molecule has 2 aromatic rings. The molecule has 0 unspecified atom stereocenters. The van der Waals surface area contributed by atoms with Crippen LogP contribution in [0.3, 0.4) is 0 Å². The van der Waals surface area contributed by atoms with Gasteiger partial charge in [-0.1, -0.05) is 35.9 Å². The van der Waals surface area contributed by atoms with Crippen LogP contribution in [0, 0.1) is 25.2 Å². The van der Waals surface area contributed by atoms with Gasteiger partial charge in [-0.25, -0.2) is 0 Å². The molecule has 0 bridgehead atoms. The van der Waals surface area contributed by atoms with Crippen LogP contribution in [0.1, 0.15) is 16.7 Å². The van der Waals surface area contributed by atoms with E-state index in [1.807, 2.05) is 62.4 Å². The molecule has 1 amide bonds. The number of anilines is 1. The fourth-order valence-corrected chi connectivity index (χ4v) is 2.40. The molecule has 0 aliphatic heterocycles. The van der Waals surface area contributed by atoms with E-state index in [1.165, 1.54) is 6.20 Å². The summed E-state index contributed by atoms with van der Waals surface area (Å²) >= 11 is 0. The van der Waals surface area contributed by atoms with E-state index >= 15 is 0 Å². The van der Waals surface area contributed by atoms with Gasteiger partial charge in [-0.15, -0.1) is 0 Å². The molecule has 128 valence electrons. The number of amides is 1. The van der Waals surface area contributed by atoms with Gasteiger partial charge in [-0.05, 0) is 31.5 Å². The minimum Gasteiger partial charge on any atom is -0.496 e. The highest BCUT2D eigenvalue weighted by Crippen LogP contribution is 2.18. The van der Waals surface area contributed by atoms with Crippen LogP contribution >= 0.6 is 0 Å². The zero-order valence-electron chi connectivity index (χ0n) is 14.6. The number of nitrogens with zero attached hydrogens (tertiary/aromatic N) is 1. The average molecular weight is 335 g/mol. The Kier molecular flexibility index (Phi) is 6.19. The largest absolute Gasteiger partial charge is 0.496 e. The van der Waals surface area contributed by atoms with E-state index in [2.05, 4.69) is 10.6 Å². The Hall–Kier alpha value is -3.26. The van der Waals surface area contributed by atoms with Crippen molar-refractivity contribution in [2.45, 2.75) is 20.4 Å². The summed E-state index contributed by atoms with van der Waals surface area (Å²) < 4.78 is 5.27. The van der Waals surface area contributed by atoms with Crippen molar-refractivity contribution >= 4 is 11.6 Å². The lowest BCUT2D eigenvalue weighted by atomic mass is 10.1. The summed E-state index contributed by atoms with van der Waals surface area (Å²) in [6, 6.07) is 15.2. The third-order valence-corrected chi connectivity index (χ3v) is 3.73. The van der Waals surface area contributed by atoms with E-state index in [0.29, 0.717) is 12.2 Å². The van der Waals surface area contributed by atoms with Crippen molar-refractivity contribution in [1.29, 1.82) is 5.26 Å². The van der Waals surface area contributed by atoms with Gasteiger partial charge in [0, 0.05) is 24.0 Å². The first-order valence-corrected chi connectivity index (χ1v) is 7.89. The number of hydrogen-bond donors (Lipinski definition) is 2. The standard InChI is InChI=1S/C20H21N3O2/c1-14-8-9-18(15(2)10-14)23-20(24)17(11-21)13-22-12-16-6-4-5-7-19(16)25-3/h4-10,13,22H,12H2,1-3H3,(H,23,24)/b17-13-. The summed E-state index contributed by atoms with van der Waals surface area (Å²) in [4.78, 5) is 12.3. The van der Waals surface area contributed by atoms with Gasteiger partial charge in [-0.3, -0.25) is 4.79 Å². The summed E-state index contributed by atoms with van der Waals surface area (Å²) in [5.74, 6) is 0.309. The molecule has 0 aliphatic carbocycles. The Labute approximate surface area is 147 Å². The van der Waals surface area contributed by atoms with Crippen molar-refractivity contribution in [3.63, 3.8) is 0 Å². The van der Waals surface area contributed by atoms with Gasteiger partial charge in [-0.2, -0.15) is 5.26 Å². The van der Waals surface area contributed by atoms with Gasteiger partial charge >= 0.3 is 0 Å². The van der Waals surface area contributed by atoms with Crippen molar-refractivity contribution in [3.05, 3.63) is 70.9 Å². The van der Waals surface area contributed by atoms with Gasteiger partial charge in [0.25, 0.3) is 5.91 Å². The van der Waals surface area contributed by atoms with E-state index < -0.39 is 5.91 Å². The third-order valence-electron chi connectivity index (χ3n) is 3.73. The molecule has 0 saturated heterocycles. The van der Waals surface area contributed by atoms with Crippen LogP contribution in [0.25, 0.3) is 0 Å². The summed E-state index contributed by atoms with van der Waals surface area (Å²) in [5, 5.41) is 15.0. The number of hydrogen-bond acceptors (Lipinski definition) is 4. The summed E-state index contributed by atoms with van der Waals surface area (Å²) in [7, 11) is 1.60. The van der Waals surface area contributed by atoms with Gasteiger partial charge in [0.2, 0.25) is 0 Å². The average Bonchev–Trinajstić information content (AvgIpc) is 2.61. The number of carbonyl (C=O) groups is 1. The Bertz CT molecular complexity index is 835. The minimum atomic E-state index is -0.443. The van der Waals surface area contributed by atoms with Crippen LogP contribution in [-0.2, 0) is 11.3 Å². The Morgan fingerprint density at radius 1 is 1.24 bits per heavy atom. The number of nitriles is 1. The predicted octanol–water partition coefficient (Wildman–Crippen LogP) is 3.45. The Morgan fingerprint density at radius 3 is 2.68 bits per heavy atom. The molecule has 0 radical (unpaired) electrons. The van der Waals surface area contributed by atoms with Crippen molar-refractivity contribution in [2.75, 3.05) is 12.4 Å². The second-order valence-electron chi connectivity index (χ2n) is 5.64. The SMILES string of the molecule is COc1ccccc1CN/C=C(/C#N)C(=O)Nc1ccc(C)cc1C. The maximum atomic E-state index is 12.3. The van der Waals surface area contributed by atoms with Crippen LogP contribution in [0.5, 0.6) is 5.75 Å². The number of carbonyl (C=O) groups excluding carboxylic acids is 1. The molecule has 0 aliphatic rings. The van der Waals surface area contributed by atoms with E-state index in [4.69, 9.17) is 4.74 Å². The van der Waals surface area contributed by atoms with E-state index in [9.17, 15) is 10.1 Å². The second-order valence-corrected chi connectivity index (χ2v) is 5.64. The van der Waals surface area contributed by atoms with Crippen LogP contribution in [0.4, 0.5) is 5.69 Å². The lowest BCUT2D eigenvalue weighted by molar-refractivity contribution is -0.112. The van der Waals surface area contributed by atoms with Crippen LogP contribution in [-0.4, -0.2) is 13.0 Å². The molecule has 5 heteroatoms. The number of aryl methyl sites for hydroxylation is 2. The third kappa shape index (κ3) is 4.85. The molecule has 0 aromatic heterocycles.